The number of benzene rings is 1. The predicted molar refractivity (Wildman–Crippen MR) is 139 cm³/mol. The average molecular weight is 514 g/mol. The number of hydrogen-bond acceptors (Lipinski definition) is 7. The van der Waals surface area contributed by atoms with Crippen LogP contribution in [0.2, 0.25) is 5.02 Å². The average Bonchev–Trinajstić information content (AvgIpc) is 3.19. The molecule has 1 amide bonds. The molecule has 2 N–H and O–H groups in total. The van der Waals surface area contributed by atoms with Crippen molar-refractivity contribution in [2.45, 2.75) is 56.6 Å². The van der Waals surface area contributed by atoms with Crippen LogP contribution >= 0.6 is 11.6 Å². The summed E-state index contributed by atoms with van der Waals surface area (Å²) in [4.78, 5) is 27.0. The van der Waals surface area contributed by atoms with E-state index in [2.05, 4.69) is 34.0 Å². The number of aliphatic hydroxyl groups is 1. The van der Waals surface area contributed by atoms with Gasteiger partial charge in [-0.05, 0) is 49.8 Å². The first-order chi connectivity index (χ1) is 17.3. The molecule has 36 heavy (non-hydrogen) atoms. The number of nitrogens with zero attached hydrogens (tertiary/aromatic N) is 4. The van der Waals surface area contributed by atoms with Gasteiger partial charge in [0, 0.05) is 62.1 Å². The van der Waals surface area contributed by atoms with Gasteiger partial charge in [-0.2, -0.15) is 0 Å². The number of nitrogens with one attached hydrogen (secondary N) is 1. The quantitative estimate of drug-likeness (QED) is 0.612. The second-order valence-corrected chi connectivity index (χ2v) is 11.1. The number of halogens is 1. The molecule has 8 nitrogen and oxygen atoms in total. The van der Waals surface area contributed by atoms with Crippen molar-refractivity contribution in [2.24, 2.45) is 0 Å². The molecule has 1 aliphatic carbocycles. The molecule has 2 aromatic rings. The number of ether oxygens (including phenoxy) is 1. The van der Waals surface area contributed by atoms with Crippen molar-refractivity contribution in [2.75, 3.05) is 50.8 Å². The zero-order valence-corrected chi connectivity index (χ0v) is 21.9. The van der Waals surface area contributed by atoms with Crippen LogP contribution in [0.5, 0.6) is 0 Å². The number of anilines is 1. The summed E-state index contributed by atoms with van der Waals surface area (Å²) in [5, 5.41) is 14.7. The van der Waals surface area contributed by atoms with Gasteiger partial charge in [0.1, 0.15) is 12.1 Å². The molecule has 3 atom stereocenters. The van der Waals surface area contributed by atoms with Gasteiger partial charge in [0.05, 0.1) is 17.7 Å². The molecule has 1 aromatic carbocycles. The molecule has 9 heteroatoms. The fourth-order valence-corrected chi connectivity index (χ4v) is 5.83. The van der Waals surface area contributed by atoms with E-state index < -0.39 is 6.10 Å². The van der Waals surface area contributed by atoms with E-state index in [0.29, 0.717) is 44.2 Å². The van der Waals surface area contributed by atoms with Gasteiger partial charge in [-0.1, -0.05) is 30.7 Å². The predicted octanol–water partition coefficient (Wildman–Crippen LogP) is 3.26. The van der Waals surface area contributed by atoms with Gasteiger partial charge in [0.25, 0.3) is 0 Å². The van der Waals surface area contributed by atoms with Crippen LogP contribution in [-0.4, -0.2) is 77.4 Å². The Kier molecular flexibility index (Phi) is 7.49. The molecule has 1 aromatic heterocycles. The van der Waals surface area contributed by atoms with E-state index in [4.69, 9.17) is 16.3 Å². The number of carbonyl (C=O) groups excluding carboxylic acids is 1. The summed E-state index contributed by atoms with van der Waals surface area (Å²) in [7, 11) is 0. The highest BCUT2D eigenvalue weighted by atomic mass is 35.5. The Labute approximate surface area is 218 Å². The summed E-state index contributed by atoms with van der Waals surface area (Å²) < 4.78 is 5.54. The second-order valence-electron chi connectivity index (χ2n) is 10.6. The number of aliphatic hydroxyl groups excluding tert-OH is 1. The standard InChI is InChI=1S/C27H36ClN5O3/c1-18-15-22(34)24-23(18)25(30-17-29-24)32-9-11-33(12-10-32)26(35)21(19-3-5-20(28)6-4-19)16-31-27(2)7-13-36-14-8-27/h3-6,17-18,21-22,31,34H,7-16H2,1-2H3/t18-,21-,22-/m1/s1. The summed E-state index contributed by atoms with van der Waals surface area (Å²) in [6, 6.07) is 7.64. The van der Waals surface area contributed by atoms with Gasteiger partial charge < -0.3 is 25.0 Å². The van der Waals surface area contributed by atoms with Crippen molar-refractivity contribution in [3.05, 3.63) is 52.4 Å². The van der Waals surface area contributed by atoms with Crippen molar-refractivity contribution in [3.63, 3.8) is 0 Å². The van der Waals surface area contributed by atoms with Gasteiger partial charge in [-0.15, -0.1) is 0 Å². The van der Waals surface area contributed by atoms with E-state index in [1.807, 2.05) is 29.2 Å². The lowest BCUT2D eigenvalue weighted by Crippen LogP contribution is -2.53. The molecule has 0 spiro atoms. The van der Waals surface area contributed by atoms with Crippen LogP contribution in [0.3, 0.4) is 0 Å². The van der Waals surface area contributed by atoms with Crippen LogP contribution in [0, 0.1) is 0 Å². The van der Waals surface area contributed by atoms with Crippen molar-refractivity contribution in [3.8, 4) is 0 Å². The maximum atomic E-state index is 13.8. The minimum Gasteiger partial charge on any atom is -0.387 e. The summed E-state index contributed by atoms with van der Waals surface area (Å²) in [6.07, 6.45) is 3.57. The largest absolute Gasteiger partial charge is 0.387 e. The minimum absolute atomic E-state index is 0.0312. The molecule has 2 aliphatic heterocycles. The minimum atomic E-state index is -0.523. The van der Waals surface area contributed by atoms with Gasteiger partial charge in [-0.3, -0.25) is 4.79 Å². The molecule has 0 bridgehead atoms. The molecular formula is C27H36ClN5O3. The van der Waals surface area contributed by atoms with Crippen molar-refractivity contribution >= 4 is 23.3 Å². The molecule has 2 fully saturated rings. The zero-order chi connectivity index (χ0) is 25.3. The van der Waals surface area contributed by atoms with Gasteiger partial charge in [0.15, 0.2) is 0 Å². The third kappa shape index (κ3) is 5.23. The van der Waals surface area contributed by atoms with E-state index >= 15 is 0 Å². The number of carbonyl (C=O) groups is 1. The van der Waals surface area contributed by atoms with E-state index in [-0.39, 0.29) is 23.3 Å². The first-order valence-electron chi connectivity index (χ1n) is 13.0. The van der Waals surface area contributed by atoms with E-state index in [1.165, 1.54) is 0 Å². The number of fused-ring (bicyclic) bond motifs is 1. The molecule has 0 saturated carbocycles. The Balaban J connectivity index is 1.29. The van der Waals surface area contributed by atoms with Crippen LogP contribution in [0.4, 0.5) is 5.82 Å². The van der Waals surface area contributed by atoms with Crippen LogP contribution in [0.1, 0.15) is 67.9 Å². The monoisotopic (exact) mass is 513 g/mol. The van der Waals surface area contributed by atoms with Crippen molar-refractivity contribution in [1.82, 2.24) is 20.2 Å². The van der Waals surface area contributed by atoms with Crippen LogP contribution < -0.4 is 10.2 Å². The van der Waals surface area contributed by atoms with Gasteiger partial charge in [-0.25, -0.2) is 9.97 Å². The highest BCUT2D eigenvalue weighted by Gasteiger charge is 2.36. The Bertz CT molecular complexity index is 1070. The zero-order valence-electron chi connectivity index (χ0n) is 21.1. The summed E-state index contributed by atoms with van der Waals surface area (Å²) in [5.74, 6) is 0.973. The SMILES string of the molecule is C[C@@H]1C[C@@H](O)c2ncnc(N3CCN(C(=O)[C@H](CNC4(C)CCOCC4)c4ccc(Cl)cc4)CC3)c21. The smallest absolute Gasteiger partial charge is 0.231 e. The molecule has 5 rings (SSSR count). The summed E-state index contributed by atoms with van der Waals surface area (Å²) in [5.41, 5.74) is 2.75. The number of hydrogen-bond donors (Lipinski definition) is 2. The molecule has 194 valence electrons. The number of piperazine rings is 1. The lowest BCUT2D eigenvalue weighted by molar-refractivity contribution is -0.133. The second kappa shape index (κ2) is 10.6. The summed E-state index contributed by atoms with van der Waals surface area (Å²) >= 11 is 6.14. The van der Waals surface area contributed by atoms with Crippen LogP contribution in [0.25, 0.3) is 0 Å². The maximum Gasteiger partial charge on any atom is 0.231 e. The Morgan fingerprint density at radius 1 is 1.19 bits per heavy atom. The lowest BCUT2D eigenvalue weighted by Gasteiger charge is -2.39. The first kappa shape index (κ1) is 25.4. The number of aromatic nitrogens is 2. The van der Waals surface area contributed by atoms with Gasteiger partial charge in [0.2, 0.25) is 5.91 Å². The van der Waals surface area contributed by atoms with Crippen LogP contribution in [0.15, 0.2) is 30.6 Å². The molecular weight excluding hydrogens is 478 g/mol. The Hall–Kier alpha value is -2.26. The molecule has 3 heterocycles. The van der Waals surface area contributed by atoms with E-state index in [9.17, 15) is 9.90 Å². The number of rotatable bonds is 6. The fraction of sp³-hybridized carbons (Fsp3) is 0.593. The van der Waals surface area contributed by atoms with E-state index in [1.54, 1.807) is 6.33 Å². The van der Waals surface area contributed by atoms with Gasteiger partial charge >= 0.3 is 0 Å². The third-order valence-electron chi connectivity index (χ3n) is 8.07. The van der Waals surface area contributed by atoms with Crippen molar-refractivity contribution in [1.29, 1.82) is 0 Å². The number of amides is 1. The Morgan fingerprint density at radius 2 is 1.89 bits per heavy atom. The summed E-state index contributed by atoms with van der Waals surface area (Å²) in [6.45, 7) is 9.06. The Morgan fingerprint density at radius 3 is 2.58 bits per heavy atom. The van der Waals surface area contributed by atoms with Crippen molar-refractivity contribution < 1.29 is 14.6 Å². The highest BCUT2D eigenvalue weighted by Crippen LogP contribution is 2.42. The lowest BCUT2D eigenvalue weighted by atomic mass is 9.90. The van der Waals surface area contributed by atoms with E-state index in [0.717, 1.165) is 48.7 Å². The normalized spacial score (nSPS) is 24.4. The van der Waals surface area contributed by atoms with Crippen LogP contribution in [-0.2, 0) is 9.53 Å². The molecule has 0 unspecified atom stereocenters. The molecule has 2 saturated heterocycles. The maximum absolute atomic E-state index is 13.8. The topological polar surface area (TPSA) is 90.8 Å². The molecule has 3 aliphatic rings. The first-order valence-corrected chi connectivity index (χ1v) is 13.4. The fourth-order valence-electron chi connectivity index (χ4n) is 5.70. The third-order valence-corrected chi connectivity index (χ3v) is 8.32. The highest BCUT2D eigenvalue weighted by molar-refractivity contribution is 6.30. The molecule has 0 radical (unpaired) electrons.